The zero-order valence-corrected chi connectivity index (χ0v) is 25.3. The van der Waals surface area contributed by atoms with Crippen molar-refractivity contribution >= 4 is 23.5 Å². The molecule has 1 aromatic carbocycles. The van der Waals surface area contributed by atoms with E-state index in [2.05, 4.69) is 10.0 Å². The Morgan fingerprint density at radius 2 is 1.81 bits per heavy atom. The molecule has 2 aliphatic rings. The van der Waals surface area contributed by atoms with E-state index in [-0.39, 0.29) is 23.5 Å². The number of hydrazone groups is 1. The van der Waals surface area contributed by atoms with Crippen molar-refractivity contribution in [2.45, 2.75) is 65.5 Å². The first-order valence-corrected chi connectivity index (χ1v) is 13.9. The molecule has 0 saturated carbocycles. The number of carboxylic acid groups (broad SMARTS) is 1. The molecule has 1 spiro atoms. The van der Waals surface area contributed by atoms with Crippen molar-refractivity contribution in [1.29, 1.82) is 0 Å². The Morgan fingerprint density at radius 1 is 1.16 bits per heavy atom. The molecule has 0 aromatic heterocycles. The molecule has 0 unspecified atom stereocenters. The molecule has 12 heteroatoms. The van der Waals surface area contributed by atoms with Crippen LogP contribution >= 0.6 is 0 Å². The monoisotopic (exact) mass is 606 g/mol. The van der Waals surface area contributed by atoms with E-state index in [9.17, 15) is 27.2 Å². The number of amides is 1. The van der Waals surface area contributed by atoms with Crippen molar-refractivity contribution in [2.75, 3.05) is 31.1 Å². The second kappa shape index (κ2) is 13.6. The number of carboxylic acids is 1. The van der Waals surface area contributed by atoms with Gasteiger partial charge in [0.1, 0.15) is 17.2 Å². The number of carbonyl (C=O) groups excluding carboxylic acids is 1. The van der Waals surface area contributed by atoms with Gasteiger partial charge in [-0.1, -0.05) is 18.2 Å². The summed E-state index contributed by atoms with van der Waals surface area (Å²) in [6.45, 7) is 11.7. The molecular formula is C31H38F4N4O4. The van der Waals surface area contributed by atoms with Crippen molar-refractivity contribution in [2.24, 2.45) is 5.10 Å². The van der Waals surface area contributed by atoms with Crippen LogP contribution in [-0.2, 0) is 4.74 Å². The zero-order chi connectivity index (χ0) is 32.1. The molecule has 8 nitrogen and oxygen atoms in total. The molecule has 1 amide bonds. The van der Waals surface area contributed by atoms with Crippen LogP contribution in [0.2, 0.25) is 0 Å². The predicted molar refractivity (Wildman–Crippen MR) is 157 cm³/mol. The second-order valence-electron chi connectivity index (χ2n) is 11.6. The van der Waals surface area contributed by atoms with E-state index in [1.807, 2.05) is 26.8 Å². The molecule has 1 N–H and O–H groups in total. The third kappa shape index (κ3) is 8.13. The van der Waals surface area contributed by atoms with E-state index in [1.165, 1.54) is 30.0 Å². The van der Waals surface area contributed by atoms with E-state index < -0.39 is 52.1 Å². The maximum atomic E-state index is 14.7. The minimum absolute atomic E-state index is 0.163. The van der Waals surface area contributed by atoms with Gasteiger partial charge in [-0.15, -0.1) is 0 Å². The standard InChI is InChI=1S/C31H38F4N4O4/c1-7-9-23(27(35)26(34)20(2)32)21(3)36-39(30(4,5)6)15-8-14-37-16-12-31(13-17-37)19-38(29(42)43-31)22-10-11-24(28(40)41)25(33)18-22/h7-11,15,18H,12-14,16-17,19H2,1-6H3,(H,40,41)/b9-7-,15-8+,26-20-,27-23-,36-21+. The van der Waals surface area contributed by atoms with Crippen LogP contribution in [0, 0.1) is 5.82 Å². The maximum absolute atomic E-state index is 14.7. The lowest BCUT2D eigenvalue weighted by Crippen LogP contribution is -2.47. The highest BCUT2D eigenvalue weighted by Crippen LogP contribution is 2.36. The summed E-state index contributed by atoms with van der Waals surface area (Å²) in [5.74, 6) is -6.47. The Balaban J connectivity index is 1.67. The zero-order valence-electron chi connectivity index (χ0n) is 25.3. The Labute approximate surface area is 249 Å². The summed E-state index contributed by atoms with van der Waals surface area (Å²) in [6.07, 6.45) is 6.97. The summed E-state index contributed by atoms with van der Waals surface area (Å²) in [5.41, 5.74) is -1.50. The highest BCUT2D eigenvalue weighted by molar-refractivity contribution is 6.01. The van der Waals surface area contributed by atoms with Crippen molar-refractivity contribution in [3.63, 3.8) is 0 Å². The minimum atomic E-state index is -1.57. The molecule has 234 valence electrons. The smallest absolute Gasteiger partial charge is 0.415 e. The van der Waals surface area contributed by atoms with Crippen LogP contribution in [0.25, 0.3) is 0 Å². The molecule has 2 heterocycles. The summed E-state index contributed by atoms with van der Waals surface area (Å²) >= 11 is 0. The maximum Gasteiger partial charge on any atom is 0.415 e. The number of benzene rings is 1. The number of halogens is 4. The van der Waals surface area contributed by atoms with E-state index in [0.29, 0.717) is 32.5 Å². The molecule has 0 radical (unpaired) electrons. The van der Waals surface area contributed by atoms with Gasteiger partial charge in [0, 0.05) is 44.2 Å². The van der Waals surface area contributed by atoms with Gasteiger partial charge >= 0.3 is 12.1 Å². The highest BCUT2D eigenvalue weighted by atomic mass is 19.2. The first kappa shape index (κ1) is 33.6. The molecular weight excluding hydrogens is 568 g/mol. The Kier molecular flexibility index (Phi) is 10.6. The number of rotatable bonds is 9. The fraction of sp³-hybridized carbons (Fsp3) is 0.452. The van der Waals surface area contributed by atoms with E-state index in [1.54, 1.807) is 18.1 Å². The van der Waals surface area contributed by atoms with Gasteiger partial charge in [0.25, 0.3) is 0 Å². The van der Waals surface area contributed by atoms with Crippen LogP contribution in [0.15, 0.2) is 70.8 Å². The first-order chi connectivity index (χ1) is 20.1. The van der Waals surface area contributed by atoms with Gasteiger partial charge < -0.3 is 9.84 Å². The average molecular weight is 607 g/mol. The number of carbonyl (C=O) groups is 2. The molecule has 0 atom stereocenters. The van der Waals surface area contributed by atoms with Crippen molar-refractivity contribution < 1.29 is 37.0 Å². The van der Waals surface area contributed by atoms with Gasteiger partial charge in [0.05, 0.1) is 29.0 Å². The largest absolute Gasteiger partial charge is 0.478 e. The van der Waals surface area contributed by atoms with Gasteiger partial charge in [-0.05, 0) is 59.7 Å². The Bertz CT molecular complexity index is 1380. The van der Waals surface area contributed by atoms with Crippen LogP contribution in [0.5, 0.6) is 0 Å². The molecule has 43 heavy (non-hydrogen) atoms. The molecule has 1 aromatic rings. The molecule has 3 rings (SSSR count). The number of aromatic carboxylic acids is 1. The highest BCUT2D eigenvalue weighted by Gasteiger charge is 2.47. The summed E-state index contributed by atoms with van der Waals surface area (Å²) < 4.78 is 62.0. The lowest BCUT2D eigenvalue weighted by Gasteiger charge is -2.37. The first-order valence-electron chi connectivity index (χ1n) is 13.9. The second-order valence-corrected chi connectivity index (χ2v) is 11.6. The number of piperidine rings is 1. The van der Waals surface area contributed by atoms with Crippen LogP contribution in [0.4, 0.5) is 28.0 Å². The number of hydrogen-bond acceptors (Lipinski definition) is 6. The number of likely N-dealkylation sites (tertiary alicyclic amines) is 1. The average Bonchev–Trinajstić information content (AvgIpc) is 3.25. The summed E-state index contributed by atoms with van der Waals surface area (Å²) in [6, 6.07) is 3.54. The number of anilines is 1. The minimum Gasteiger partial charge on any atom is -0.478 e. The number of nitrogens with zero attached hydrogens (tertiary/aromatic N) is 4. The number of hydrogen-bond donors (Lipinski definition) is 1. The van der Waals surface area contributed by atoms with Gasteiger partial charge in [-0.3, -0.25) is 14.8 Å². The van der Waals surface area contributed by atoms with E-state index in [0.717, 1.165) is 19.1 Å². The lowest BCUT2D eigenvalue weighted by atomic mass is 9.91. The van der Waals surface area contributed by atoms with Crippen molar-refractivity contribution in [1.82, 2.24) is 9.91 Å². The van der Waals surface area contributed by atoms with Gasteiger partial charge in [-0.25, -0.2) is 27.2 Å². The molecule has 2 saturated heterocycles. The molecule has 0 aliphatic carbocycles. The van der Waals surface area contributed by atoms with Crippen LogP contribution in [0.1, 0.15) is 64.7 Å². The molecule has 2 fully saturated rings. The van der Waals surface area contributed by atoms with Crippen molar-refractivity contribution in [3.8, 4) is 0 Å². The fourth-order valence-corrected chi connectivity index (χ4v) is 4.78. The normalized spacial score (nSPS) is 19.3. The van der Waals surface area contributed by atoms with Crippen LogP contribution in [-0.4, -0.2) is 70.1 Å². The predicted octanol–water partition coefficient (Wildman–Crippen LogP) is 7.28. The quantitative estimate of drug-likeness (QED) is 0.138. The van der Waals surface area contributed by atoms with Crippen molar-refractivity contribution in [3.05, 3.63) is 77.1 Å². The van der Waals surface area contributed by atoms with Gasteiger partial charge in [0.15, 0.2) is 11.7 Å². The topological polar surface area (TPSA) is 85.7 Å². The fourth-order valence-electron chi connectivity index (χ4n) is 4.78. The Morgan fingerprint density at radius 3 is 2.35 bits per heavy atom. The summed E-state index contributed by atoms with van der Waals surface area (Å²) in [7, 11) is 0. The van der Waals surface area contributed by atoms with E-state index in [4.69, 9.17) is 9.84 Å². The van der Waals surface area contributed by atoms with E-state index >= 15 is 0 Å². The third-order valence-electron chi connectivity index (χ3n) is 7.24. The molecule has 0 bridgehead atoms. The third-order valence-corrected chi connectivity index (χ3v) is 7.24. The van der Waals surface area contributed by atoms with Crippen LogP contribution in [0.3, 0.4) is 0 Å². The number of ether oxygens (including phenoxy) is 1. The lowest BCUT2D eigenvalue weighted by molar-refractivity contribution is 0.00350. The van der Waals surface area contributed by atoms with Crippen LogP contribution < -0.4 is 4.90 Å². The SMILES string of the molecule is C\C=C/C(=C(F)\C(F)=C(/C)F)C(/C)=N/N(/C=C/CN1CCC2(CC1)CN(c1ccc(C(=O)O)c(F)c1)C(=O)O2)C(C)(C)C. The summed E-state index contributed by atoms with van der Waals surface area (Å²) in [4.78, 5) is 27.2. The summed E-state index contributed by atoms with van der Waals surface area (Å²) in [5, 5.41) is 15.2. The van der Waals surface area contributed by atoms with Gasteiger partial charge in [0.2, 0.25) is 0 Å². The number of allylic oxidation sites excluding steroid dienone is 6. The van der Waals surface area contributed by atoms with Gasteiger partial charge in [-0.2, -0.15) is 5.10 Å². The Hall–Kier alpha value is -3.93. The molecule has 2 aliphatic heterocycles.